The third-order valence-corrected chi connectivity index (χ3v) is 3.25. The van der Waals surface area contributed by atoms with Crippen LogP contribution in [0.3, 0.4) is 0 Å². The van der Waals surface area contributed by atoms with E-state index in [1.54, 1.807) is 0 Å². The van der Waals surface area contributed by atoms with Crippen LogP contribution >= 0.6 is 15.9 Å². The number of piperidine rings is 1. The highest BCUT2D eigenvalue weighted by Gasteiger charge is 2.14. The zero-order valence-corrected chi connectivity index (χ0v) is 10.7. The van der Waals surface area contributed by atoms with Crippen LogP contribution in [0.15, 0.2) is 24.3 Å². The molecule has 1 aromatic carbocycles. The molecule has 1 unspecified atom stereocenters. The lowest BCUT2D eigenvalue weighted by molar-refractivity contribution is 0.480. The lowest BCUT2D eigenvalue weighted by atomic mass is 10.1. The Labute approximate surface area is 104 Å². The van der Waals surface area contributed by atoms with Crippen molar-refractivity contribution < 1.29 is 0 Å². The quantitative estimate of drug-likeness (QED) is 0.746. The fourth-order valence-corrected chi connectivity index (χ4v) is 2.34. The van der Waals surface area contributed by atoms with E-state index in [2.05, 4.69) is 26.6 Å². The van der Waals surface area contributed by atoms with Crippen LogP contribution in [0, 0.1) is 5.41 Å². The predicted molar refractivity (Wildman–Crippen MR) is 71.7 cm³/mol. The molecule has 1 aliphatic heterocycles. The fraction of sp³-hybridized carbons (Fsp3) is 0.417. The first-order chi connectivity index (χ1) is 7.77. The number of halogens is 1. The summed E-state index contributed by atoms with van der Waals surface area (Å²) < 4.78 is 0.430. The van der Waals surface area contributed by atoms with E-state index in [1.807, 2.05) is 24.3 Å². The molecule has 4 heteroatoms. The van der Waals surface area contributed by atoms with Crippen LogP contribution < -0.4 is 10.6 Å². The molecule has 3 nitrogen and oxygen atoms in total. The lowest BCUT2D eigenvalue weighted by Crippen LogP contribution is -2.38. The smallest absolute Gasteiger partial charge is 0.106 e. The minimum atomic E-state index is 0.430. The van der Waals surface area contributed by atoms with Gasteiger partial charge in [-0.2, -0.15) is 0 Å². The van der Waals surface area contributed by atoms with Crippen LogP contribution in [0.2, 0.25) is 0 Å². The van der Waals surface area contributed by atoms with Crippen molar-refractivity contribution >= 4 is 26.2 Å². The first-order valence-electron chi connectivity index (χ1n) is 5.58. The van der Waals surface area contributed by atoms with Gasteiger partial charge in [0.05, 0.1) is 0 Å². The Morgan fingerprint density at radius 1 is 1.44 bits per heavy atom. The number of benzene rings is 1. The number of anilines is 1. The summed E-state index contributed by atoms with van der Waals surface area (Å²) in [4.78, 5) is 0. The maximum atomic E-state index is 7.65. The molecule has 86 valence electrons. The van der Waals surface area contributed by atoms with Crippen LogP contribution in [0.4, 0.5) is 5.69 Å². The zero-order chi connectivity index (χ0) is 11.4. The third kappa shape index (κ3) is 2.83. The van der Waals surface area contributed by atoms with E-state index in [-0.39, 0.29) is 0 Å². The van der Waals surface area contributed by atoms with E-state index in [9.17, 15) is 0 Å². The van der Waals surface area contributed by atoms with Gasteiger partial charge in [0, 0.05) is 23.8 Å². The monoisotopic (exact) mass is 281 g/mol. The Morgan fingerprint density at radius 3 is 2.94 bits per heavy atom. The van der Waals surface area contributed by atoms with Crippen molar-refractivity contribution in [3.05, 3.63) is 29.8 Å². The molecule has 1 atom stereocenters. The Hall–Kier alpha value is -0.870. The molecule has 1 fully saturated rings. The molecule has 0 radical (unpaired) electrons. The molecule has 3 N–H and O–H groups in total. The van der Waals surface area contributed by atoms with Gasteiger partial charge in [0.25, 0.3) is 0 Å². The van der Waals surface area contributed by atoms with Gasteiger partial charge >= 0.3 is 0 Å². The summed E-state index contributed by atoms with van der Waals surface area (Å²) in [5, 5.41) is 14.5. The number of rotatable bonds is 3. The van der Waals surface area contributed by atoms with Crippen LogP contribution in [0.1, 0.15) is 18.4 Å². The van der Waals surface area contributed by atoms with Crippen molar-refractivity contribution in [1.29, 1.82) is 5.41 Å². The van der Waals surface area contributed by atoms with Crippen molar-refractivity contribution in [3.8, 4) is 0 Å². The molecule has 0 amide bonds. The second-order valence-corrected chi connectivity index (χ2v) is 4.84. The Balaban J connectivity index is 2.10. The fourth-order valence-electron chi connectivity index (χ4n) is 2.00. The third-order valence-electron chi connectivity index (χ3n) is 2.82. The van der Waals surface area contributed by atoms with Crippen LogP contribution in [-0.4, -0.2) is 23.8 Å². The van der Waals surface area contributed by atoms with Crippen molar-refractivity contribution in [2.75, 3.05) is 18.4 Å². The second-order valence-electron chi connectivity index (χ2n) is 4.05. The molecule has 16 heavy (non-hydrogen) atoms. The lowest BCUT2D eigenvalue weighted by Gasteiger charge is -2.25. The SMILES string of the molecule is N=C(Br)c1ccccc1NC1CCCNC1. The largest absolute Gasteiger partial charge is 0.380 e. The van der Waals surface area contributed by atoms with E-state index in [0.29, 0.717) is 10.7 Å². The van der Waals surface area contributed by atoms with Crippen molar-refractivity contribution in [2.24, 2.45) is 0 Å². The van der Waals surface area contributed by atoms with Gasteiger partial charge in [-0.05, 0) is 41.4 Å². The molecule has 1 saturated heterocycles. The predicted octanol–water partition coefficient (Wildman–Crippen LogP) is 2.57. The average molecular weight is 282 g/mol. The molecule has 0 spiro atoms. The number of para-hydroxylation sites is 1. The topological polar surface area (TPSA) is 47.9 Å². The molecule has 1 aliphatic rings. The van der Waals surface area contributed by atoms with Gasteiger partial charge in [-0.25, -0.2) is 0 Å². The number of hydrogen-bond acceptors (Lipinski definition) is 3. The molecule has 1 heterocycles. The summed E-state index contributed by atoms with van der Waals surface area (Å²) in [6, 6.07) is 8.41. The minimum Gasteiger partial charge on any atom is -0.380 e. The number of nitrogens with one attached hydrogen (secondary N) is 3. The second kappa shape index (κ2) is 5.46. The molecule has 0 saturated carbocycles. The van der Waals surface area contributed by atoms with Crippen molar-refractivity contribution in [2.45, 2.75) is 18.9 Å². The first-order valence-corrected chi connectivity index (χ1v) is 6.37. The van der Waals surface area contributed by atoms with E-state index in [1.165, 1.54) is 12.8 Å². The van der Waals surface area contributed by atoms with E-state index < -0.39 is 0 Å². The Bertz CT molecular complexity index is 372. The summed E-state index contributed by atoms with van der Waals surface area (Å²) in [6.45, 7) is 2.12. The number of hydrogen-bond donors (Lipinski definition) is 3. The minimum absolute atomic E-state index is 0.430. The Kier molecular flexibility index (Phi) is 3.96. The van der Waals surface area contributed by atoms with Gasteiger partial charge < -0.3 is 10.6 Å². The highest BCUT2D eigenvalue weighted by atomic mass is 79.9. The maximum Gasteiger partial charge on any atom is 0.106 e. The van der Waals surface area contributed by atoms with E-state index in [4.69, 9.17) is 5.41 Å². The highest BCUT2D eigenvalue weighted by Crippen LogP contribution is 2.20. The van der Waals surface area contributed by atoms with E-state index in [0.717, 1.165) is 24.3 Å². The summed E-state index contributed by atoms with van der Waals surface area (Å²) in [5.41, 5.74) is 1.96. The molecule has 0 aromatic heterocycles. The van der Waals surface area contributed by atoms with E-state index >= 15 is 0 Å². The standard InChI is InChI=1S/C12H16BrN3/c13-12(14)10-5-1-2-6-11(10)16-9-4-3-7-15-8-9/h1-2,5-6,9,14-16H,3-4,7-8H2. The average Bonchev–Trinajstić information content (AvgIpc) is 2.31. The van der Waals surface area contributed by atoms with Gasteiger partial charge in [0.2, 0.25) is 0 Å². The summed E-state index contributed by atoms with van der Waals surface area (Å²) in [6.07, 6.45) is 2.41. The molecule has 0 aliphatic carbocycles. The van der Waals surface area contributed by atoms with Gasteiger partial charge in [-0.1, -0.05) is 18.2 Å². The Morgan fingerprint density at radius 2 is 2.25 bits per heavy atom. The molecule has 2 rings (SSSR count). The normalized spacial score (nSPS) is 20.4. The molecule has 1 aromatic rings. The van der Waals surface area contributed by atoms with Crippen molar-refractivity contribution in [3.63, 3.8) is 0 Å². The van der Waals surface area contributed by atoms with Crippen molar-refractivity contribution in [1.82, 2.24) is 5.32 Å². The zero-order valence-electron chi connectivity index (χ0n) is 9.09. The molecular weight excluding hydrogens is 266 g/mol. The summed E-state index contributed by atoms with van der Waals surface area (Å²) >= 11 is 3.23. The van der Waals surface area contributed by atoms with Gasteiger partial charge in [0.15, 0.2) is 0 Å². The molecule has 0 bridgehead atoms. The first kappa shape index (κ1) is 11.6. The summed E-state index contributed by atoms with van der Waals surface area (Å²) in [5.74, 6) is 0. The summed E-state index contributed by atoms with van der Waals surface area (Å²) in [7, 11) is 0. The molecular formula is C12H16BrN3. The van der Waals surface area contributed by atoms with Crippen LogP contribution in [0.5, 0.6) is 0 Å². The van der Waals surface area contributed by atoms with Gasteiger partial charge in [-0.15, -0.1) is 0 Å². The maximum absolute atomic E-state index is 7.65. The van der Waals surface area contributed by atoms with Gasteiger partial charge in [-0.3, -0.25) is 5.41 Å². The highest BCUT2D eigenvalue weighted by molar-refractivity contribution is 9.18. The van der Waals surface area contributed by atoms with Gasteiger partial charge in [0.1, 0.15) is 4.62 Å². The van der Waals surface area contributed by atoms with Crippen LogP contribution in [0.25, 0.3) is 0 Å². The van der Waals surface area contributed by atoms with Crippen LogP contribution in [-0.2, 0) is 0 Å².